The Labute approximate surface area is 282 Å². The fourth-order valence-corrected chi connectivity index (χ4v) is 9.41. The van der Waals surface area contributed by atoms with Crippen LogP contribution in [0.25, 0.3) is 11.1 Å². The van der Waals surface area contributed by atoms with Crippen molar-refractivity contribution in [2.24, 2.45) is 0 Å². The molecular weight excluding hydrogens is 631 g/mol. The van der Waals surface area contributed by atoms with Crippen LogP contribution >= 0.6 is 22.7 Å². The first-order chi connectivity index (χ1) is 22.6. The fourth-order valence-electron chi connectivity index (χ4n) is 7.24. The van der Waals surface area contributed by atoms with Gasteiger partial charge in [-0.3, -0.25) is 9.59 Å². The molecule has 4 aliphatic rings. The van der Waals surface area contributed by atoms with E-state index in [4.69, 9.17) is 14.7 Å². The van der Waals surface area contributed by atoms with Crippen molar-refractivity contribution < 1.29 is 19.1 Å². The molecule has 2 aromatic heterocycles. The van der Waals surface area contributed by atoms with E-state index in [1.807, 2.05) is 54.8 Å². The monoisotopic (exact) mass is 667 g/mol. The molecule has 1 aliphatic carbocycles. The average Bonchev–Trinajstić information content (AvgIpc) is 3.86. The molecule has 5 heterocycles. The molecular formula is C36H37N5O4S2. The maximum atomic E-state index is 13.9. The van der Waals surface area contributed by atoms with Gasteiger partial charge in [-0.15, -0.1) is 22.7 Å². The zero-order valence-electron chi connectivity index (χ0n) is 26.9. The number of rotatable bonds is 3. The van der Waals surface area contributed by atoms with E-state index in [0.29, 0.717) is 42.6 Å². The number of amides is 3. The molecule has 0 fully saturated rings. The molecule has 0 spiro atoms. The largest absolute Gasteiger partial charge is 0.444 e. The van der Waals surface area contributed by atoms with Gasteiger partial charge in [0.15, 0.2) is 10.0 Å². The van der Waals surface area contributed by atoms with Crippen LogP contribution in [0.15, 0.2) is 36.4 Å². The van der Waals surface area contributed by atoms with E-state index in [9.17, 15) is 14.4 Å². The smallest absolute Gasteiger partial charge is 0.410 e. The molecule has 0 atom stereocenters. The van der Waals surface area contributed by atoms with Crippen LogP contribution in [0, 0.1) is 0 Å². The van der Waals surface area contributed by atoms with Gasteiger partial charge in [-0.05, 0) is 93.7 Å². The zero-order chi connectivity index (χ0) is 32.4. The Hall–Kier alpha value is -4.09. The minimum absolute atomic E-state index is 0.00396. The lowest BCUT2D eigenvalue weighted by molar-refractivity contribution is 0.0225. The molecule has 0 saturated carbocycles. The van der Waals surface area contributed by atoms with E-state index in [-0.39, 0.29) is 17.9 Å². The quantitative estimate of drug-likeness (QED) is 0.237. The number of fused-ring (bicyclic) bond motifs is 4. The Morgan fingerprint density at radius 2 is 1.26 bits per heavy atom. The molecule has 0 saturated heterocycles. The summed E-state index contributed by atoms with van der Waals surface area (Å²) in [5.41, 5.74) is 7.85. The van der Waals surface area contributed by atoms with Crippen molar-refractivity contribution >= 4 is 52.0 Å². The molecule has 0 N–H and O–H groups in total. The summed E-state index contributed by atoms with van der Waals surface area (Å²) in [5, 5.41) is 1.06. The maximum absolute atomic E-state index is 13.9. The Morgan fingerprint density at radius 1 is 0.702 bits per heavy atom. The molecule has 3 amide bonds. The topological polar surface area (TPSA) is 95.9 Å². The zero-order valence-corrected chi connectivity index (χ0v) is 28.6. The van der Waals surface area contributed by atoms with Crippen molar-refractivity contribution in [1.82, 2.24) is 14.9 Å². The molecule has 0 bridgehead atoms. The van der Waals surface area contributed by atoms with Gasteiger partial charge in [0.1, 0.15) is 5.60 Å². The molecule has 0 radical (unpaired) electrons. The van der Waals surface area contributed by atoms with E-state index in [0.717, 1.165) is 76.4 Å². The summed E-state index contributed by atoms with van der Waals surface area (Å²) in [6.07, 6.45) is 6.09. The lowest BCUT2D eigenvalue weighted by Gasteiger charge is -2.29. The molecule has 8 rings (SSSR count). The highest BCUT2D eigenvalue weighted by Crippen LogP contribution is 2.43. The van der Waals surface area contributed by atoms with Crippen LogP contribution in [0.4, 0.5) is 16.2 Å². The van der Waals surface area contributed by atoms with Crippen LogP contribution in [-0.2, 0) is 43.4 Å². The van der Waals surface area contributed by atoms with Gasteiger partial charge in [0.2, 0.25) is 0 Å². The fraction of sp³-hybridized carbons (Fsp3) is 0.417. The molecule has 47 heavy (non-hydrogen) atoms. The SMILES string of the molecule is CC(C)(C)OC(=O)N1CCc2nc(C(=O)N3CCc4c(-c5cccc6c5CCN6C(=O)c5nc6c(s5)CCCC6)cccc43)sc2C1. The van der Waals surface area contributed by atoms with Crippen LogP contribution in [0.3, 0.4) is 0 Å². The third kappa shape index (κ3) is 5.43. The highest BCUT2D eigenvalue weighted by molar-refractivity contribution is 7.14. The van der Waals surface area contributed by atoms with E-state index < -0.39 is 5.60 Å². The number of aromatic nitrogens is 2. The second kappa shape index (κ2) is 11.6. The standard InChI is InChI=1S/C36H37N5O4S2/c1-36(2,3)45-35(44)39-17-16-26-30(20-39)47-32(38-26)34(43)41-19-15-24-22(9-7-12-28(24)41)21-8-6-11-27-23(21)14-18-40(27)33(42)31-37-25-10-4-5-13-29(25)46-31/h6-9,11-12H,4-5,10,13-20H2,1-3H3. The van der Waals surface area contributed by atoms with E-state index in [1.165, 1.54) is 28.2 Å². The van der Waals surface area contributed by atoms with Crippen LogP contribution in [0.5, 0.6) is 0 Å². The van der Waals surface area contributed by atoms with Crippen molar-refractivity contribution in [3.63, 3.8) is 0 Å². The van der Waals surface area contributed by atoms with Crippen LogP contribution in [0.2, 0.25) is 0 Å². The maximum Gasteiger partial charge on any atom is 0.410 e. The lowest BCUT2D eigenvalue weighted by Crippen LogP contribution is -2.39. The van der Waals surface area contributed by atoms with E-state index in [1.54, 1.807) is 16.2 Å². The summed E-state index contributed by atoms with van der Waals surface area (Å²) in [4.78, 5) is 57.4. The van der Waals surface area contributed by atoms with Crippen molar-refractivity contribution in [2.45, 2.75) is 77.9 Å². The third-order valence-corrected chi connectivity index (χ3v) is 11.6. The molecule has 242 valence electrons. The lowest BCUT2D eigenvalue weighted by atomic mass is 9.93. The highest BCUT2D eigenvalue weighted by Gasteiger charge is 2.35. The first-order valence-corrected chi connectivity index (χ1v) is 18.1. The van der Waals surface area contributed by atoms with Gasteiger partial charge >= 0.3 is 6.09 Å². The number of hydrogen-bond donors (Lipinski definition) is 0. The number of anilines is 2. The predicted molar refractivity (Wildman–Crippen MR) is 184 cm³/mol. The van der Waals surface area contributed by atoms with Gasteiger partial charge in [-0.2, -0.15) is 0 Å². The molecule has 3 aliphatic heterocycles. The summed E-state index contributed by atoms with van der Waals surface area (Å²) in [7, 11) is 0. The molecule has 4 aromatic rings. The number of aryl methyl sites for hydroxylation is 2. The summed E-state index contributed by atoms with van der Waals surface area (Å²) < 4.78 is 5.57. The number of hydrogen-bond acceptors (Lipinski definition) is 8. The van der Waals surface area contributed by atoms with Crippen LogP contribution < -0.4 is 9.80 Å². The molecule has 9 nitrogen and oxygen atoms in total. The van der Waals surface area contributed by atoms with Crippen molar-refractivity contribution in [2.75, 3.05) is 29.4 Å². The van der Waals surface area contributed by atoms with Crippen LogP contribution in [-0.4, -0.2) is 58.0 Å². The first kappa shape index (κ1) is 30.3. The normalized spacial score (nSPS) is 16.9. The van der Waals surface area contributed by atoms with Gasteiger partial charge in [-0.25, -0.2) is 14.8 Å². The van der Waals surface area contributed by atoms with Gasteiger partial charge in [-0.1, -0.05) is 24.3 Å². The molecule has 2 aromatic carbocycles. The van der Waals surface area contributed by atoms with Gasteiger partial charge in [0.25, 0.3) is 11.8 Å². The predicted octanol–water partition coefficient (Wildman–Crippen LogP) is 6.84. The number of thiazole rings is 2. The average molecular weight is 668 g/mol. The Kier molecular flexibility index (Phi) is 7.44. The van der Waals surface area contributed by atoms with Gasteiger partial charge < -0.3 is 19.4 Å². The number of benzene rings is 2. The highest BCUT2D eigenvalue weighted by atomic mass is 32.1. The van der Waals surface area contributed by atoms with Crippen molar-refractivity contribution in [1.29, 1.82) is 0 Å². The minimum Gasteiger partial charge on any atom is -0.444 e. The Morgan fingerprint density at radius 3 is 1.83 bits per heavy atom. The summed E-state index contributed by atoms with van der Waals surface area (Å²) in [6, 6.07) is 12.4. The second-order valence-corrected chi connectivity index (χ2v) is 15.8. The van der Waals surface area contributed by atoms with E-state index >= 15 is 0 Å². The van der Waals surface area contributed by atoms with Crippen LogP contribution in [0.1, 0.15) is 85.5 Å². The van der Waals surface area contributed by atoms with Gasteiger partial charge in [0, 0.05) is 47.2 Å². The van der Waals surface area contributed by atoms with Crippen molar-refractivity contribution in [3.05, 3.63) is 78.7 Å². The van der Waals surface area contributed by atoms with Crippen molar-refractivity contribution in [3.8, 4) is 11.1 Å². The minimum atomic E-state index is -0.564. The molecule has 11 heteroatoms. The number of ether oxygens (including phenoxy) is 1. The third-order valence-electron chi connectivity index (χ3n) is 9.43. The van der Waals surface area contributed by atoms with Gasteiger partial charge in [0.05, 0.1) is 17.9 Å². The number of nitrogens with zero attached hydrogens (tertiary/aromatic N) is 5. The first-order valence-electron chi connectivity index (χ1n) is 16.5. The summed E-state index contributed by atoms with van der Waals surface area (Å²) >= 11 is 2.94. The number of carbonyl (C=O) groups is 3. The second-order valence-electron chi connectivity index (χ2n) is 13.7. The Balaban J connectivity index is 1.04. The number of carbonyl (C=O) groups excluding carboxylic acids is 3. The Bertz CT molecular complexity index is 1920. The molecule has 0 unspecified atom stereocenters. The summed E-state index contributed by atoms with van der Waals surface area (Å²) in [6.45, 7) is 7.71. The summed E-state index contributed by atoms with van der Waals surface area (Å²) in [5.74, 6) is -0.110. The van der Waals surface area contributed by atoms with E-state index in [2.05, 4.69) is 12.1 Å².